The molecule has 0 aliphatic carbocycles. The molecular formula is C27H23N3O3S. The summed E-state index contributed by atoms with van der Waals surface area (Å²) < 4.78 is 6.34. The maximum Gasteiger partial charge on any atom is 0.335 e. The van der Waals surface area contributed by atoms with Gasteiger partial charge >= 0.3 is 5.97 Å². The fourth-order valence-electron chi connectivity index (χ4n) is 4.48. The summed E-state index contributed by atoms with van der Waals surface area (Å²) in [6, 6.07) is 22.2. The van der Waals surface area contributed by atoms with Gasteiger partial charge in [0, 0.05) is 17.4 Å². The van der Waals surface area contributed by atoms with Gasteiger partial charge < -0.3 is 19.7 Å². The predicted octanol–water partition coefficient (Wildman–Crippen LogP) is 5.83. The molecule has 5 rings (SSSR count). The molecule has 7 heteroatoms. The molecule has 4 aromatic rings. The van der Waals surface area contributed by atoms with Crippen LogP contribution in [0.4, 0.5) is 5.69 Å². The number of hydrogen-bond donors (Lipinski definition) is 2. The molecule has 2 aromatic heterocycles. The van der Waals surface area contributed by atoms with Crippen LogP contribution < -0.4 is 10.2 Å². The van der Waals surface area contributed by atoms with Gasteiger partial charge in [-0.15, -0.1) is 0 Å². The summed E-state index contributed by atoms with van der Waals surface area (Å²) in [7, 11) is 0. The van der Waals surface area contributed by atoms with Gasteiger partial charge in [-0.3, -0.25) is 4.98 Å². The SMILES string of the molecule is Cc1cc(C)cc(N2C(=S)N[C@H](c3ccccn3)[C@H]2c2ccc(-c3cccc(C(=O)O)c3)o2)c1. The van der Waals surface area contributed by atoms with Crippen molar-refractivity contribution >= 4 is 29.0 Å². The minimum Gasteiger partial charge on any atom is -0.478 e. The number of carboxylic acid groups (broad SMARTS) is 1. The fourth-order valence-corrected chi connectivity index (χ4v) is 4.83. The molecule has 34 heavy (non-hydrogen) atoms. The minimum absolute atomic E-state index is 0.211. The maximum absolute atomic E-state index is 11.4. The van der Waals surface area contributed by atoms with E-state index < -0.39 is 5.97 Å². The van der Waals surface area contributed by atoms with Gasteiger partial charge in [0.05, 0.1) is 17.3 Å². The van der Waals surface area contributed by atoms with Crippen LogP contribution in [0.1, 0.15) is 45.0 Å². The van der Waals surface area contributed by atoms with E-state index in [-0.39, 0.29) is 17.6 Å². The number of thiocarbonyl (C=S) groups is 1. The number of pyridine rings is 1. The first-order valence-corrected chi connectivity index (χ1v) is 11.3. The zero-order chi connectivity index (χ0) is 23.8. The van der Waals surface area contributed by atoms with Crippen LogP contribution in [0.5, 0.6) is 0 Å². The number of carbonyl (C=O) groups is 1. The Morgan fingerprint density at radius 2 is 1.82 bits per heavy atom. The monoisotopic (exact) mass is 469 g/mol. The normalized spacial score (nSPS) is 17.6. The van der Waals surface area contributed by atoms with E-state index in [0.717, 1.165) is 22.5 Å². The highest BCUT2D eigenvalue weighted by Gasteiger charge is 2.42. The summed E-state index contributed by atoms with van der Waals surface area (Å²) in [4.78, 5) is 18.1. The van der Waals surface area contributed by atoms with Gasteiger partial charge in [0.1, 0.15) is 17.6 Å². The first kappa shape index (κ1) is 21.9. The van der Waals surface area contributed by atoms with Crippen molar-refractivity contribution < 1.29 is 14.3 Å². The van der Waals surface area contributed by atoms with Gasteiger partial charge in [0.2, 0.25) is 0 Å². The second-order valence-electron chi connectivity index (χ2n) is 8.43. The standard InChI is InChI=1S/C27H23N3O3S/c1-16-12-17(2)14-20(13-16)30-25(24(29-27(30)34)21-8-3-4-11-28-21)23-10-9-22(33-23)18-6-5-7-19(15-18)26(31)32/h3-15,24-25H,1-2H3,(H,29,34)(H,31,32)/t24-,25-/m1/s1. The number of carboxylic acids is 1. The number of furan rings is 1. The number of aromatic carboxylic acids is 1. The molecule has 2 N–H and O–H groups in total. The van der Waals surface area contributed by atoms with Crippen LogP contribution in [-0.2, 0) is 0 Å². The lowest BCUT2D eigenvalue weighted by molar-refractivity contribution is 0.0697. The van der Waals surface area contributed by atoms with Crippen LogP contribution in [0, 0.1) is 13.8 Å². The number of aromatic nitrogens is 1. The first-order valence-electron chi connectivity index (χ1n) is 10.9. The highest BCUT2D eigenvalue weighted by Crippen LogP contribution is 2.43. The zero-order valence-electron chi connectivity index (χ0n) is 18.7. The van der Waals surface area contributed by atoms with Crippen LogP contribution in [0.2, 0.25) is 0 Å². The lowest BCUT2D eigenvalue weighted by Gasteiger charge is -2.26. The molecule has 0 bridgehead atoms. The van der Waals surface area contributed by atoms with Crippen LogP contribution in [0.15, 0.2) is 83.4 Å². The lowest BCUT2D eigenvalue weighted by Crippen LogP contribution is -2.29. The Morgan fingerprint density at radius 3 is 2.53 bits per heavy atom. The summed E-state index contributed by atoms with van der Waals surface area (Å²) in [6.07, 6.45) is 1.77. The second kappa shape index (κ2) is 8.76. The summed E-state index contributed by atoms with van der Waals surface area (Å²) in [5.74, 6) is 0.323. The molecule has 2 aromatic carbocycles. The Bertz CT molecular complexity index is 1360. The number of anilines is 1. The molecule has 1 aliphatic rings. The van der Waals surface area contributed by atoms with E-state index in [1.165, 1.54) is 0 Å². The highest BCUT2D eigenvalue weighted by molar-refractivity contribution is 7.80. The van der Waals surface area contributed by atoms with Crippen molar-refractivity contribution in [2.24, 2.45) is 0 Å². The molecule has 0 spiro atoms. The van der Waals surface area contributed by atoms with Gasteiger partial charge in [0.15, 0.2) is 5.11 Å². The van der Waals surface area contributed by atoms with Crippen molar-refractivity contribution in [3.8, 4) is 11.3 Å². The van der Waals surface area contributed by atoms with Crippen molar-refractivity contribution in [2.75, 3.05) is 4.90 Å². The minimum atomic E-state index is -0.977. The van der Waals surface area contributed by atoms with Gasteiger partial charge in [0.25, 0.3) is 0 Å². The summed E-state index contributed by atoms with van der Waals surface area (Å²) in [6.45, 7) is 4.13. The number of nitrogens with zero attached hydrogens (tertiary/aromatic N) is 2. The Morgan fingerprint density at radius 1 is 1.03 bits per heavy atom. The number of hydrogen-bond acceptors (Lipinski definition) is 4. The molecule has 0 saturated carbocycles. The highest BCUT2D eigenvalue weighted by atomic mass is 32.1. The summed E-state index contributed by atoms with van der Waals surface area (Å²) in [5, 5.41) is 13.4. The third-order valence-electron chi connectivity index (χ3n) is 5.90. The third-order valence-corrected chi connectivity index (χ3v) is 6.21. The van der Waals surface area contributed by atoms with Crippen molar-refractivity contribution in [3.05, 3.63) is 107 Å². The van der Waals surface area contributed by atoms with Crippen LogP contribution >= 0.6 is 12.2 Å². The van der Waals surface area contributed by atoms with Crippen LogP contribution in [-0.4, -0.2) is 21.2 Å². The number of rotatable bonds is 5. The van der Waals surface area contributed by atoms with Crippen molar-refractivity contribution in [2.45, 2.75) is 25.9 Å². The van der Waals surface area contributed by atoms with E-state index in [1.807, 2.05) is 36.4 Å². The largest absolute Gasteiger partial charge is 0.478 e. The van der Waals surface area contributed by atoms with E-state index in [1.54, 1.807) is 24.4 Å². The Labute approximate surface area is 202 Å². The smallest absolute Gasteiger partial charge is 0.335 e. The Kier molecular flexibility index (Phi) is 5.63. The maximum atomic E-state index is 11.4. The molecule has 6 nitrogen and oxygen atoms in total. The number of benzene rings is 2. The second-order valence-corrected chi connectivity index (χ2v) is 8.82. The quantitative estimate of drug-likeness (QED) is 0.356. The molecule has 3 heterocycles. The predicted molar refractivity (Wildman–Crippen MR) is 135 cm³/mol. The molecule has 1 saturated heterocycles. The molecule has 1 aliphatic heterocycles. The Balaban J connectivity index is 1.61. The summed E-state index contributed by atoms with van der Waals surface area (Å²) >= 11 is 5.79. The molecular weight excluding hydrogens is 446 g/mol. The number of nitrogens with one attached hydrogen (secondary N) is 1. The average molecular weight is 470 g/mol. The first-order chi connectivity index (χ1) is 16.4. The molecule has 0 radical (unpaired) electrons. The molecule has 170 valence electrons. The lowest BCUT2D eigenvalue weighted by atomic mass is 10.0. The van der Waals surface area contributed by atoms with Crippen molar-refractivity contribution in [1.29, 1.82) is 0 Å². The van der Waals surface area contributed by atoms with Crippen molar-refractivity contribution in [3.63, 3.8) is 0 Å². The average Bonchev–Trinajstić information content (AvgIpc) is 3.43. The van der Waals surface area contributed by atoms with E-state index >= 15 is 0 Å². The van der Waals surface area contributed by atoms with Crippen LogP contribution in [0.3, 0.4) is 0 Å². The zero-order valence-corrected chi connectivity index (χ0v) is 19.5. The van der Waals surface area contributed by atoms with E-state index in [2.05, 4.69) is 47.2 Å². The summed E-state index contributed by atoms with van der Waals surface area (Å²) in [5.41, 5.74) is 5.03. The molecule has 2 atom stereocenters. The molecule has 1 fully saturated rings. The topological polar surface area (TPSA) is 78.6 Å². The van der Waals surface area contributed by atoms with E-state index in [4.69, 9.17) is 16.6 Å². The molecule has 0 unspecified atom stereocenters. The van der Waals surface area contributed by atoms with Gasteiger partial charge in [-0.05, 0) is 85.7 Å². The van der Waals surface area contributed by atoms with Crippen LogP contribution in [0.25, 0.3) is 11.3 Å². The van der Waals surface area contributed by atoms with Gasteiger partial charge in [-0.2, -0.15) is 0 Å². The van der Waals surface area contributed by atoms with E-state index in [0.29, 0.717) is 22.2 Å². The fraction of sp³-hybridized carbons (Fsp3) is 0.148. The number of aryl methyl sites for hydroxylation is 2. The van der Waals surface area contributed by atoms with Gasteiger partial charge in [-0.1, -0.05) is 24.3 Å². The van der Waals surface area contributed by atoms with Gasteiger partial charge in [-0.25, -0.2) is 4.79 Å². The van der Waals surface area contributed by atoms with E-state index in [9.17, 15) is 9.90 Å². The molecule has 0 amide bonds. The Hall–Kier alpha value is -3.97. The third kappa shape index (κ3) is 4.06. The van der Waals surface area contributed by atoms with Crippen molar-refractivity contribution in [1.82, 2.24) is 10.3 Å².